The Morgan fingerprint density at radius 1 is 1.04 bits per heavy atom. The van der Waals surface area contributed by atoms with E-state index in [1.165, 1.54) is 0 Å². The lowest BCUT2D eigenvalue weighted by molar-refractivity contribution is 0.415. The minimum atomic E-state index is 0.431. The first kappa shape index (κ1) is 17.4. The second kappa shape index (κ2) is 7.66. The van der Waals surface area contributed by atoms with Crippen LogP contribution in [0.15, 0.2) is 73.3 Å². The Morgan fingerprint density at radius 3 is 2.50 bits per heavy atom. The standard InChI is InChI=1S/C22H21N3O/c1-15-8-7-11-20(24-15)16(2)25-21-14-18(26-3)12-13-19(21)22(23)17-9-5-4-6-10-17/h4-14,23,25H,2H2,1,3H3. The van der Waals surface area contributed by atoms with E-state index in [0.717, 1.165) is 28.2 Å². The molecular weight excluding hydrogens is 322 g/mol. The Morgan fingerprint density at radius 2 is 1.81 bits per heavy atom. The molecule has 0 spiro atoms. The number of benzene rings is 2. The summed E-state index contributed by atoms with van der Waals surface area (Å²) in [6, 6.07) is 21.0. The average molecular weight is 343 g/mol. The van der Waals surface area contributed by atoms with Gasteiger partial charge >= 0.3 is 0 Å². The van der Waals surface area contributed by atoms with E-state index in [0.29, 0.717) is 17.2 Å². The van der Waals surface area contributed by atoms with Crippen molar-refractivity contribution >= 4 is 17.1 Å². The summed E-state index contributed by atoms with van der Waals surface area (Å²) in [5, 5.41) is 11.9. The van der Waals surface area contributed by atoms with Crippen LogP contribution in [0.25, 0.3) is 5.70 Å². The monoisotopic (exact) mass is 343 g/mol. The van der Waals surface area contributed by atoms with E-state index in [1.54, 1.807) is 7.11 Å². The zero-order chi connectivity index (χ0) is 18.5. The quantitative estimate of drug-likeness (QED) is 0.626. The maximum absolute atomic E-state index is 8.60. The number of aryl methyl sites for hydroxylation is 1. The smallest absolute Gasteiger partial charge is 0.120 e. The van der Waals surface area contributed by atoms with Gasteiger partial charge in [-0.3, -0.25) is 10.4 Å². The summed E-state index contributed by atoms with van der Waals surface area (Å²) in [5.41, 5.74) is 5.17. The van der Waals surface area contributed by atoms with E-state index in [-0.39, 0.29) is 0 Å². The van der Waals surface area contributed by atoms with Crippen molar-refractivity contribution in [3.63, 3.8) is 0 Å². The van der Waals surface area contributed by atoms with Gasteiger partial charge < -0.3 is 10.1 Å². The van der Waals surface area contributed by atoms with Crippen molar-refractivity contribution in [1.29, 1.82) is 5.41 Å². The molecule has 3 aromatic rings. The van der Waals surface area contributed by atoms with Gasteiger partial charge in [-0.05, 0) is 31.2 Å². The van der Waals surface area contributed by atoms with Gasteiger partial charge in [0, 0.05) is 22.9 Å². The van der Waals surface area contributed by atoms with E-state index < -0.39 is 0 Å². The maximum atomic E-state index is 8.60. The topological polar surface area (TPSA) is 58.0 Å². The van der Waals surface area contributed by atoms with Gasteiger partial charge in [-0.2, -0.15) is 0 Å². The van der Waals surface area contributed by atoms with E-state index >= 15 is 0 Å². The fourth-order valence-electron chi connectivity index (χ4n) is 2.67. The minimum absolute atomic E-state index is 0.431. The summed E-state index contributed by atoms with van der Waals surface area (Å²) in [5.74, 6) is 0.710. The Balaban J connectivity index is 1.97. The lowest BCUT2D eigenvalue weighted by Gasteiger charge is -2.16. The molecular formula is C22H21N3O. The second-order valence-electron chi connectivity index (χ2n) is 5.92. The Hall–Kier alpha value is -3.40. The lowest BCUT2D eigenvalue weighted by atomic mass is 10.0. The van der Waals surface area contributed by atoms with Gasteiger partial charge in [-0.15, -0.1) is 0 Å². The summed E-state index contributed by atoms with van der Waals surface area (Å²) in [6.45, 7) is 6.05. The summed E-state index contributed by atoms with van der Waals surface area (Å²) < 4.78 is 5.35. The first-order valence-corrected chi connectivity index (χ1v) is 8.31. The molecule has 4 nitrogen and oxygen atoms in total. The molecule has 0 bridgehead atoms. The van der Waals surface area contributed by atoms with Crippen LogP contribution in [0, 0.1) is 12.3 Å². The van der Waals surface area contributed by atoms with Crippen LogP contribution in [0.1, 0.15) is 22.5 Å². The van der Waals surface area contributed by atoms with E-state index in [4.69, 9.17) is 10.1 Å². The van der Waals surface area contributed by atoms with Crippen LogP contribution in [-0.4, -0.2) is 17.8 Å². The number of aromatic nitrogens is 1. The van der Waals surface area contributed by atoms with Crippen LogP contribution in [0.2, 0.25) is 0 Å². The number of pyridine rings is 1. The molecule has 0 aliphatic carbocycles. The van der Waals surface area contributed by atoms with Gasteiger partial charge in [0.05, 0.1) is 29.9 Å². The third-order valence-corrected chi connectivity index (χ3v) is 4.04. The van der Waals surface area contributed by atoms with Gasteiger partial charge in [0.2, 0.25) is 0 Å². The van der Waals surface area contributed by atoms with Crippen LogP contribution in [0.3, 0.4) is 0 Å². The molecule has 3 rings (SSSR count). The Labute approximate surface area is 153 Å². The Bertz CT molecular complexity index is 949. The average Bonchev–Trinajstić information content (AvgIpc) is 2.68. The fourth-order valence-corrected chi connectivity index (χ4v) is 2.67. The molecule has 0 unspecified atom stereocenters. The highest BCUT2D eigenvalue weighted by Gasteiger charge is 2.13. The predicted molar refractivity (Wildman–Crippen MR) is 107 cm³/mol. The van der Waals surface area contributed by atoms with Gasteiger partial charge in [-0.1, -0.05) is 43.0 Å². The molecule has 0 amide bonds. The normalized spacial score (nSPS) is 10.2. The van der Waals surface area contributed by atoms with Crippen LogP contribution in [-0.2, 0) is 0 Å². The summed E-state index contributed by atoms with van der Waals surface area (Å²) in [4.78, 5) is 4.50. The first-order chi connectivity index (χ1) is 12.6. The molecule has 0 aliphatic heterocycles. The molecule has 130 valence electrons. The number of hydrogen-bond acceptors (Lipinski definition) is 4. The van der Waals surface area contributed by atoms with Crippen LogP contribution in [0.5, 0.6) is 5.75 Å². The van der Waals surface area contributed by atoms with Gasteiger partial charge in [0.25, 0.3) is 0 Å². The molecule has 1 aromatic heterocycles. The van der Waals surface area contributed by atoms with Crippen molar-refractivity contribution < 1.29 is 4.74 Å². The summed E-state index contributed by atoms with van der Waals surface area (Å²) in [6.07, 6.45) is 0. The van der Waals surface area contributed by atoms with E-state index in [2.05, 4.69) is 16.9 Å². The lowest BCUT2D eigenvalue weighted by Crippen LogP contribution is -2.08. The van der Waals surface area contributed by atoms with Crippen LogP contribution < -0.4 is 10.1 Å². The number of anilines is 1. The molecule has 26 heavy (non-hydrogen) atoms. The van der Waals surface area contributed by atoms with Crippen molar-refractivity contribution in [2.45, 2.75) is 6.92 Å². The molecule has 0 saturated carbocycles. The number of ether oxygens (including phenoxy) is 1. The zero-order valence-corrected chi connectivity index (χ0v) is 14.9. The third kappa shape index (κ3) is 3.81. The predicted octanol–water partition coefficient (Wildman–Crippen LogP) is 4.90. The molecule has 2 N–H and O–H groups in total. The number of methoxy groups -OCH3 is 1. The van der Waals surface area contributed by atoms with Gasteiger partial charge in [0.15, 0.2) is 0 Å². The third-order valence-electron chi connectivity index (χ3n) is 4.04. The second-order valence-corrected chi connectivity index (χ2v) is 5.92. The SMILES string of the molecule is C=C(Nc1cc(OC)ccc1C(=N)c1ccccc1)c1cccc(C)n1. The summed E-state index contributed by atoms with van der Waals surface area (Å²) in [7, 11) is 1.62. The molecule has 4 heteroatoms. The molecule has 0 saturated heterocycles. The molecule has 0 aliphatic rings. The molecule has 0 radical (unpaired) electrons. The molecule has 2 aromatic carbocycles. The van der Waals surface area contributed by atoms with Gasteiger partial charge in [-0.25, -0.2) is 0 Å². The van der Waals surface area contributed by atoms with Crippen molar-refractivity contribution in [2.75, 3.05) is 12.4 Å². The van der Waals surface area contributed by atoms with Crippen LogP contribution in [0.4, 0.5) is 5.69 Å². The van der Waals surface area contributed by atoms with Crippen molar-refractivity contribution in [2.24, 2.45) is 0 Å². The highest BCUT2D eigenvalue weighted by molar-refractivity contribution is 6.14. The first-order valence-electron chi connectivity index (χ1n) is 8.31. The number of rotatable bonds is 6. The minimum Gasteiger partial charge on any atom is -0.497 e. The van der Waals surface area contributed by atoms with E-state index in [9.17, 15) is 0 Å². The maximum Gasteiger partial charge on any atom is 0.120 e. The van der Waals surface area contributed by atoms with Crippen LogP contribution >= 0.6 is 0 Å². The van der Waals surface area contributed by atoms with Crippen molar-refractivity contribution in [1.82, 2.24) is 4.98 Å². The number of hydrogen-bond donors (Lipinski definition) is 2. The molecule has 0 atom stereocenters. The molecule has 0 fully saturated rings. The highest BCUT2D eigenvalue weighted by atomic mass is 16.5. The number of nitrogens with one attached hydrogen (secondary N) is 2. The van der Waals surface area contributed by atoms with Crippen molar-refractivity contribution in [3.8, 4) is 5.75 Å². The Kier molecular flexibility index (Phi) is 5.13. The molecule has 1 heterocycles. The number of nitrogens with zero attached hydrogens (tertiary/aromatic N) is 1. The van der Waals surface area contributed by atoms with E-state index in [1.807, 2.05) is 73.7 Å². The largest absolute Gasteiger partial charge is 0.497 e. The van der Waals surface area contributed by atoms with Crippen molar-refractivity contribution in [3.05, 3.63) is 95.8 Å². The van der Waals surface area contributed by atoms with Gasteiger partial charge in [0.1, 0.15) is 5.75 Å². The highest BCUT2D eigenvalue weighted by Crippen LogP contribution is 2.27. The fraction of sp³-hybridized carbons (Fsp3) is 0.0909. The summed E-state index contributed by atoms with van der Waals surface area (Å²) >= 11 is 0. The zero-order valence-electron chi connectivity index (χ0n) is 14.9.